The number of hydrogen-bond acceptors (Lipinski definition) is 5. The molecule has 1 aromatic carbocycles. The standard InChI is InChI=1S/C15H16F2N2O4S/c1-7-11(13(20)22-3)12(19-15(24)18-7)8-4-5-9(21-2)10(6-8)23-14(16)17/h4-6,12,14H,1-3H3,(H2,18,19,24)/t12-/m0/s1. The maximum Gasteiger partial charge on any atom is 0.387 e. The lowest BCUT2D eigenvalue weighted by molar-refractivity contribution is -0.136. The molecule has 1 aliphatic heterocycles. The number of carbonyl (C=O) groups excluding carboxylic acids is 1. The van der Waals surface area contributed by atoms with Crippen LogP contribution in [0.3, 0.4) is 0 Å². The lowest BCUT2D eigenvalue weighted by atomic mass is 9.95. The molecule has 0 spiro atoms. The van der Waals surface area contributed by atoms with Crippen molar-refractivity contribution in [3.05, 3.63) is 35.0 Å². The smallest absolute Gasteiger partial charge is 0.387 e. The highest BCUT2D eigenvalue weighted by Crippen LogP contribution is 2.35. The number of methoxy groups -OCH3 is 2. The summed E-state index contributed by atoms with van der Waals surface area (Å²) >= 11 is 5.10. The van der Waals surface area contributed by atoms with Gasteiger partial charge in [-0.2, -0.15) is 8.78 Å². The van der Waals surface area contributed by atoms with Gasteiger partial charge in [-0.15, -0.1) is 0 Å². The molecule has 0 bridgehead atoms. The number of allylic oxidation sites excluding steroid dienone is 1. The number of thiocarbonyl (C=S) groups is 1. The summed E-state index contributed by atoms with van der Waals surface area (Å²) in [6.45, 7) is -1.33. The highest BCUT2D eigenvalue weighted by atomic mass is 32.1. The summed E-state index contributed by atoms with van der Waals surface area (Å²) in [7, 11) is 2.60. The molecule has 0 amide bonds. The minimum atomic E-state index is -3.01. The highest BCUT2D eigenvalue weighted by molar-refractivity contribution is 7.80. The molecular formula is C15H16F2N2O4S. The number of esters is 1. The van der Waals surface area contributed by atoms with Gasteiger partial charge in [-0.1, -0.05) is 6.07 Å². The van der Waals surface area contributed by atoms with Crippen LogP contribution in [0.5, 0.6) is 11.5 Å². The molecule has 1 aliphatic rings. The normalized spacial score (nSPS) is 17.2. The SMILES string of the molecule is COC(=O)C1=C(C)NC(=S)N[C@H]1c1ccc(OC)c(OC(F)F)c1. The van der Waals surface area contributed by atoms with Crippen LogP contribution < -0.4 is 20.1 Å². The van der Waals surface area contributed by atoms with Gasteiger partial charge in [0.2, 0.25) is 0 Å². The van der Waals surface area contributed by atoms with Crippen LogP contribution in [0.25, 0.3) is 0 Å². The third-order valence-corrected chi connectivity index (χ3v) is 3.63. The van der Waals surface area contributed by atoms with E-state index < -0.39 is 18.6 Å². The zero-order chi connectivity index (χ0) is 17.9. The van der Waals surface area contributed by atoms with E-state index in [9.17, 15) is 13.6 Å². The van der Waals surface area contributed by atoms with E-state index in [1.807, 2.05) is 0 Å². The van der Waals surface area contributed by atoms with Gasteiger partial charge in [0, 0.05) is 5.70 Å². The molecule has 1 aromatic rings. The Morgan fingerprint density at radius 2 is 2.00 bits per heavy atom. The van der Waals surface area contributed by atoms with Gasteiger partial charge in [-0.25, -0.2) is 4.79 Å². The summed E-state index contributed by atoms with van der Waals surface area (Å²) < 4.78 is 39.4. The van der Waals surface area contributed by atoms with Crippen LogP contribution in [0.1, 0.15) is 18.5 Å². The number of rotatable bonds is 5. The zero-order valence-corrected chi connectivity index (χ0v) is 14.0. The van der Waals surface area contributed by atoms with Gasteiger partial charge in [-0.05, 0) is 36.8 Å². The van der Waals surface area contributed by atoms with Crippen LogP contribution in [0.15, 0.2) is 29.5 Å². The summed E-state index contributed by atoms with van der Waals surface area (Å²) in [5.74, 6) is -0.554. The molecule has 130 valence electrons. The number of ether oxygens (including phenoxy) is 3. The van der Waals surface area contributed by atoms with Crippen LogP contribution in [0, 0.1) is 0 Å². The maximum absolute atomic E-state index is 12.6. The van der Waals surface area contributed by atoms with Crippen molar-refractivity contribution < 1.29 is 27.8 Å². The van der Waals surface area contributed by atoms with E-state index in [4.69, 9.17) is 21.7 Å². The maximum atomic E-state index is 12.6. The van der Waals surface area contributed by atoms with Gasteiger partial charge in [0.15, 0.2) is 16.6 Å². The number of benzene rings is 1. The van der Waals surface area contributed by atoms with Gasteiger partial charge in [-0.3, -0.25) is 0 Å². The average molecular weight is 358 g/mol. The summed E-state index contributed by atoms with van der Waals surface area (Å²) in [6.07, 6.45) is 0. The van der Waals surface area contributed by atoms with E-state index in [0.717, 1.165) is 0 Å². The number of alkyl halides is 2. The summed E-state index contributed by atoms with van der Waals surface area (Å²) in [4.78, 5) is 12.1. The Balaban J connectivity index is 2.49. The molecule has 1 atom stereocenters. The van der Waals surface area contributed by atoms with E-state index in [0.29, 0.717) is 21.9 Å². The summed E-state index contributed by atoms with van der Waals surface area (Å²) in [5, 5.41) is 6.06. The predicted octanol–water partition coefficient (Wildman–Crippen LogP) is 2.26. The molecule has 6 nitrogen and oxygen atoms in total. The molecule has 0 aliphatic carbocycles. The molecule has 0 radical (unpaired) electrons. The number of carbonyl (C=O) groups is 1. The van der Waals surface area contributed by atoms with Gasteiger partial charge >= 0.3 is 12.6 Å². The van der Waals surface area contributed by atoms with Crippen LogP contribution in [0.4, 0.5) is 8.78 Å². The molecule has 2 N–H and O–H groups in total. The fourth-order valence-corrected chi connectivity index (χ4v) is 2.66. The fourth-order valence-electron chi connectivity index (χ4n) is 2.39. The lowest BCUT2D eigenvalue weighted by Gasteiger charge is -2.30. The molecule has 24 heavy (non-hydrogen) atoms. The van der Waals surface area contributed by atoms with Crippen molar-refractivity contribution in [2.24, 2.45) is 0 Å². The van der Waals surface area contributed by atoms with Crippen LogP contribution in [-0.2, 0) is 9.53 Å². The molecule has 0 saturated carbocycles. The third-order valence-electron chi connectivity index (χ3n) is 3.41. The van der Waals surface area contributed by atoms with E-state index in [1.54, 1.807) is 13.0 Å². The van der Waals surface area contributed by atoms with Crippen LogP contribution in [-0.4, -0.2) is 31.9 Å². The van der Waals surface area contributed by atoms with Crippen molar-refractivity contribution in [2.45, 2.75) is 19.6 Å². The topological polar surface area (TPSA) is 68.8 Å². The van der Waals surface area contributed by atoms with E-state index in [2.05, 4.69) is 15.4 Å². The Kier molecular flexibility index (Phi) is 5.55. The van der Waals surface area contributed by atoms with Crippen molar-refractivity contribution >= 4 is 23.3 Å². The van der Waals surface area contributed by atoms with E-state index in [1.165, 1.54) is 26.4 Å². The molecule has 0 aromatic heterocycles. The number of hydrogen-bond donors (Lipinski definition) is 2. The monoisotopic (exact) mass is 358 g/mol. The lowest BCUT2D eigenvalue weighted by Crippen LogP contribution is -2.45. The first-order valence-corrected chi connectivity index (χ1v) is 7.27. The van der Waals surface area contributed by atoms with E-state index >= 15 is 0 Å². The molecule has 0 unspecified atom stereocenters. The van der Waals surface area contributed by atoms with Crippen molar-refractivity contribution in [3.63, 3.8) is 0 Å². The van der Waals surface area contributed by atoms with Gasteiger partial charge < -0.3 is 24.8 Å². The Morgan fingerprint density at radius 1 is 1.29 bits per heavy atom. The number of nitrogens with one attached hydrogen (secondary N) is 2. The highest BCUT2D eigenvalue weighted by Gasteiger charge is 2.31. The van der Waals surface area contributed by atoms with Crippen LogP contribution >= 0.6 is 12.2 Å². The van der Waals surface area contributed by atoms with Crippen molar-refractivity contribution in [2.75, 3.05) is 14.2 Å². The predicted molar refractivity (Wildman–Crippen MR) is 86.0 cm³/mol. The quantitative estimate of drug-likeness (QED) is 0.618. The second-order valence-electron chi connectivity index (χ2n) is 4.85. The zero-order valence-electron chi connectivity index (χ0n) is 13.2. The number of halogens is 2. The Bertz CT molecular complexity index is 694. The Labute approximate surface area is 142 Å². The van der Waals surface area contributed by atoms with Gasteiger partial charge in [0.25, 0.3) is 0 Å². The molecule has 0 fully saturated rings. The first kappa shape index (κ1) is 17.9. The second-order valence-corrected chi connectivity index (χ2v) is 5.26. The Hall–Kier alpha value is -2.42. The molecule has 1 heterocycles. The van der Waals surface area contributed by atoms with Crippen molar-refractivity contribution in [3.8, 4) is 11.5 Å². The molecule has 0 saturated heterocycles. The summed E-state index contributed by atoms with van der Waals surface area (Å²) in [5.41, 5.74) is 1.30. The average Bonchev–Trinajstić information content (AvgIpc) is 2.52. The first-order chi connectivity index (χ1) is 11.4. The third kappa shape index (κ3) is 3.73. The summed E-state index contributed by atoms with van der Waals surface area (Å²) in [6, 6.07) is 3.80. The Morgan fingerprint density at radius 3 is 2.58 bits per heavy atom. The minimum Gasteiger partial charge on any atom is -0.493 e. The first-order valence-electron chi connectivity index (χ1n) is 6.86. The second kappa shape index (κ2) is 7.43. The van der Waals surface area contributed by atoms with Crippen molar-refractivity contribution in [1.82, 2.24) is 10.6 Å². The molecule has 2 rings (SSSR count). The largest absolute Gasteiger partial charge is 0.493 e. The van der Waals surface area contributed by atoms with Crippen molar-refractivity contribution in [1.29, 1.82) is 0 Å². The van der Waals surface area contributed by atoms with E-state index in [-0.39, 0.29) is 11.5 Å². The van der Waals surface area contributed by atoms with Gasteiger partial charge in [0.1, 0.15) is 0 Å². The minimum absolute atomic E-state index is 0.141. The van der Waals surface area contributed by atoms with Crippen LogP contribution in [0.2, 0.25) is 0 Å². The fraction of sp³-hybridized carbons (Fsp3) is 0.333. The van der Waals surface area contributed by atoms with Gasteiger partial charge in [0.05, 0.1) is 25.8 Å². The molecular weight excluding hydrogens is 342 g/mol. The molecule has 9 heteroatoms.